The molecule has 0 bridgehead atoms. The number of hydrogen-bond acceptors (Lipinski definition) is 6. The molecule has 1 fully saturated rings. The first kappa shape index (κ1) is 18.6. The second-order valence-electron chi connectivity index (χ2n) is 6.33. The number of amidine groups is 1. The number of aromatic nitrogens is 3. The van der Waals surface area contributed by atoms with E-state index in [4.69, 9.17) is 16.3 Å². The number of aromatic amines is 1. The van der Waals surface area contributed by atoms with E-state index in [1.165, 1.54) is 18.2 Å². The quantitative estimate of drug-likeness (QED) is 0.295. The van der Waals surface area contributed by atoms with E-state index in [1.54, 1.807) is 12.3 Å². The highest BCUT2D eigenvalue weighted by Gasteiger charge is 2.17. The fourth-order valence-electron chi connectivity index (χ4n) is 3.04. The molecule has 0 aliphatic carbocycles. The van der Waals surface area contributed by atoms with Gasteiger partial charge in [-0.1, -0.05) is 11.6 Å². The number of anilines is 1. The molecule has 0 radical (unpaired) electrons. The van der Waals surface area contributed by atoms with Crippen molar-refractivity contribution in [2.45, 2.75) is 18.9 Å². The van der Waals surface area contributed by atoms with Gasteiger partial charge in [0.05, 0.1) is 22.3 Å². The molecule has 1 aliphatic rings. The summed E-state index contributed by atoms with van der Waals surface area (Å²) >= 11 is 5.80. The number of fused-ring (bicyclic) bond motifs is 1. The number of aliphatic imine (C=N–C) groups is 1. The van der Waals surface area contributed by atoms with E-state index in [9.17, 15) is 9.60 Å². The van der Waals surface area contributed by atoms with Gasteiger partial charge in [-0.2, -0.15) is 4.98 Å². The van der Waals surface area contributed by atoms with Crippen LogP contribution in [0.15, 0.2) is 35.5 Å². The Morgan fingerprint density at radius 3 is 3.07 bits per heavy atom. The monoisotopic (exact) mass is 404 g/mol. The van der Waals surface area contributed by atoms with Gasteiger partial charge in [0.25, 0.3) is 0 Å². The Bertz CT molecular complexity index is 1020. The molecular weight excluding hydrogens is 387 g/mol. The molecule has 0 amide bonds. The third kappa shape index (κ3) is 3.91. The second kappa shape index (κ2) is 8.09. The van der Waals surface area contributed by atoms with Gasteiger partial charge >= 0.3 is 0 Å². The Labute approximate surface area is 164 Å². The van der Waals surface area contributed by atoms with E-state index in [0.29, 0.717) is 34.9 Å². The molecule has 4 N–H and O–H groups in total. The van der Waals surface area contributed by atoms with Crippen LogP contribution in [0.25, 0.3) is 11.2 Å². The van der Waals surface area contributed by atoms with E-state index in [0.717, 1.165) is 19.4 Å². The SMILES string of the molecule is ONC(=Nc1ccc(F)c(Cl)c1)c1ccnc2nc(NC[C@H]3CCCO3)[nH]c12. The van der Waals surface area contributed by atoms with Gasteiger partial charge in [0.1, 0.15) is 5.82 Å². The number of hydrogen-bond donors (Lipinski definition) is 4. The molecule has 0 spiro atoms. The van der Waals surface area contributed by atoms with Crippen LogP contribution in [0.3, 0.4) is 0 Å². The summed E-state index contributed by atoms with van der Waals surface area (Å²) in [5.41, 5.74) is 4.06. The summed E-state index contributed by atoms with van der Waals surface area (Å²) < 4.78 is 18.9. The number of nitrogens with one attached hydrogen (secondary N) is 3. The summed E-state index contributed by atoms with van der Waals surface area (Å²) in [5.74, 6) is 0.151. The summed E-state index contributed by atoms with van der Waals surface area (Å²) in [7, 11) is 0. The molecule has 4 rings (SSSR count). The Morgan fingerprint density at radius 1 is 1.43 bits per heavy atom. The summed E-state index contributed by atoms with van der Waals surface area (Å²) in [5, 5.41) is 12.8. The molecule has 3 heterocycles. The summed E-state index contributed by atoms with van der Waals surface area (Å²) in [4.78, 5) is 16.1. The molecule has 0 saturated carbocycles. The highest BCUT2D eigenvalue weighted by molar-refractivity contribution is 6.31. The maximum absolute atomic E-state index is 13.4. The van der Waals surface area contributed by atoms with Crippen LogP contribution in [-0.4, -0.2) is 45.3 Å². The Hall–Kier alpha value is -2.75. The average Bonchev–Trinajstić information content (AvgIpc) is 3.36. The highest BCUT2D eigenvalue weighted by atomic mass is 35.5. The molecule has 8 nitrogen and oxygen atoms in total. The first-order chi connectivity index (χ1) is 13.6. The molecule has 2 aromatic heterocycles. The number of rotatable bonds is 5. The minimum Gasteiger partial charge on any atom is -0.376 e. The van der Waals surface area contributed by atoms with Crippen molar-refractivity contribution in [3.8, 4) is 0 Å². The lowest BCUT2D eigenvalue weighted by molar-refractivity contribution is 0.120. The molecule has 0 unspecified atom stereocenters. The van der Waals surface area contributed by atoms with E-state index in [1.807, 2.05) is 0 Å². The molecule has 1 aliphatic heterocycles. The number of H-pyrrole nitrogens is 1. The normalized spacial score (nSPS) is 17.2. The van der Waals surface area contributed by atoms with Gasteiger partial charge in [0.2, 0.25) is 5.95 Å². The van der Waals surface area contributed by atoms with Crippen LogP contribution < -0.4 is 10.8 Å². The maximum Gasteiger partial charge on any atom is 0.202 e. The van der Waals surface area contributed by atoms with Crippen LogP contribution in [0.1, 0.15) is 18.4 Å². The van der Waals surface area contributed by atoms with E-state index >= 15 is 0 Å². The van der Waals surface area contributed by atoms with Gasteiger partial charge < -0.3 is 15.0 Å². The third-order valence-corrected chi connectivity index (χ3v) is 4.71. The van der Waals surface area contributed by atoms with Gasteiger partial charge in [0, 0.05) is 24.9 Å². The van der Waals surface area contributed by atoms with Crippen molar-refractivity contribution in [1.82, 2.24) is 20.4 Å². The van der Waals surface area contributed by atoms with Crippen molar-refractivity contribution in [3.05, 3.63) is 46.9 Å². The van der Waals surface area contributed by atoms with Gasteiger partial charge in [-0.25, -0.2) is 14.4 Å². The molecule has 1 atom stereocenters. The minimum atomic E-state index is -0.541. The van der Waals surface area contributed by atoms with Crippen LogP contribution in [-0.2, 0) is 4.74 Å². The lowest BCUT2D eigenvalue weighted by Gasteiger charge is -2.09. The minimum absolute atomic E-state index is 0.0550. The largest absolute Gasteiger partial charge is 0.376 e. The molecule has 28 heavy (non-hydrogen) atoms. The zero-order valence-corrected chi connectivity index (χ0v) is 15.5. The van der Waals surface area contributed by atoms with Crippen molar-refractivity contribution >= 4 is 40.2 Å². The van der Waals surface area contributed by atoms with Crippen LogP contribution in [0.5, 0.6) is 0 Å². The van der Waals surface area contributed by atoms with Gasteiger partial charge in [-0.05, 0) is 37.1 Å². The predicted octanol–water partition coefficient (Wildman–Crippen LogP) is 3.40. The van der Waals surface area contributed by atoms with Crippen molar-refractivity contribution in [2.75, 3.05) is 18.5 Å². The molecule has 146 valence electrons. The zero-order valence-electron chi connectivity index (χ0n) is 14.7. The van der Waals surface area contributed by atoms with Crippen LogP contribution in [0.4, 0.5) is 16.0 Å². The molecule has 1 saturated heterocycles. The predicted molar refractivity (Wildman–Crippen MR) is 104 cm³/mol. The number of ether oxygens (including phenoxy) is 1. The summed E-state index contributed by atoms with van der Waals surface area (Å²) in [6.07, 6.45) is 3.81. The topological polar surface area (TPSA) is 107 Å². The summed E-state index contributed by atoms with van der Waals surface area (Å²) in [6, 6.07) is 5.71. The number of nitrogens with zero attached hydrogens (tertiary/aromatic N) is 3. The third-order valence-electron chi connectivity index (χ3n) is 4.42. The van der Waals surface area contributed by atoms with Gasteiger partial charge in [0.15, 0.2) is 11.5 Å². The van der Waals surface area contributed by atoms with Gasteiger partial charge in [-0.15, -0.1) is 0 Å². The Balaban J connectivity index is 1.64. The number of benzene rings is 1. The fourth-order valence-corrected chi connectivity index (χ4v) is 3.21. The zero-order chi connectivity index (χ0) is 19.5. The molecule has 3 aromatic rings. The molecular formula is C18H18ClFN6O2. The smallest absolute Gasteiger partial charge is 0.202 e. The lowest BCUT2D eigenvalue weighted by Crippen LogP contribution is -2.20. The number of pyridine rings is 1. The highest BCUT2D eigenvalue weighted by Crippen LogP contribution is 2.24. The van der Waals surface area contributed by atoms with Crippen molar-refractivity contribution in [3.63, 3.8) is 0 Å². The fraction of sp³-hybridized carbons (Fsp3) is 0.278. The van der Waals surface area contributed by atoms with Crippen molar-refractivity contribution in [2.24, 2.45) is 4.99 Å². The molecule has 10 heteroatoms. The van der Waals surface area contributed by atoms with Crippen LogP contribution in [0, 0.1) is 5.82 Å². The van der Waals surface area contributed by atoms with Crippen LogP contribution >= 0.6 is 11.6 Å². The van der Waals surface area contributed by atoms with Crippen molar-refractivity contribution in [1.29, 1.82) is 0 Å². The standard InChI is InChI=1S/C18H18ClFN6O2/c19-13-8-10(3-4-14(13)20)23-16(26-27)12-5-6-21-17-15(12)24-18(25-17)22-9-11-2-1-7-28-11/h3-6,8,11,27H,1-2,7,9H2,(H,23,26)(H2,21,22,24,25)/t11-/m1/s1. The first-order valence-electron chi connectivity index (χ1n) is 8.78. The molecule has 1 aromatic carbocycles. The summed E-state index contributed by atoms with van der Waals surface area (Å²) in [6.45, 7) is 1.43. The van der Waals surface area contributed by atoms with E-state index in [-0.39, 0.29) is 17.0 Å². The second-order valence-corrected chi connectivity index (χ2v) is 6.74. The van der Waals surface area contributed by atoms with E-state index in [2.05, 4.69) is 30.7 Å². The maximum atomic E-state index is 13.4. The van der Waals surface area contributed by atoms with E-state index < -0.39 is 5.82 Å². The average molecular weight is 405 g/mol. The van der Waals surface area contributed by atoms with Gasteiger partial charge in [-0.3, -0.25) is 10.7 Å². The van der Waals surface area contributed by atoms with Crippen LogP contribution in [0.2, 0.25) is 5.02 Å². The first-order valence-corrected chi connectivity index (χ1v) is 9.16. The Morgan fingerprint density at radius 2 is 2.32 bits per heavy atom. The Kier molecular flexibility index (Phi) is 5.38. The number of imidazole rings is 1. The lowest BCUT2D eigenvalue weighted by atomic mass is 10.2. The number of hydroxylamine groups is 1. The number of halogens is 2. The van der Waals surface area contributed by atoms with Crippen molar-refractivity contribution < 1.29 is 14.3 Å².